The molecule has 0 aliphatic heterocycles. The lowest BCUT2D eigenvalue weighted by molar-refractivity contribution is -0.150. The SMILES string of the molecule is CCCCCCCCCC/C=C\CCCC(CCCCCCCC(=O)NC(CCCN)C(=O)O)OC(=O)CCCCCCCCCCCCCCCCCCCCCCCC. The van der Waals surface area contributed by atoms with Crippen LogP contribution in [0.1, 0.15) is 296 Å². The predicted molar refractivity (Wildman–Crippen MR) is 262 cm³/mol. The molecular formula is C54H104N2O5. The summed E-state index contributed by atoms with van der Waals surface area (Å²) in [4.78, 5) is 36.6. The van der Waals surface area contributed by atoms with Gasteiger partial charge in [0.25, 0.3) is 0 Å². The number of carbonyl (C=O) groups is 3. The number of hydrogen-bond acceptors (Lipinski definition) is 5. The van der Waals surface area contributed by atoms with Gasteiger partial charge in [-0.1, -0.05) is 225 Å². The maximum atomic E-state index is 12.9. The van der Waals surface area contributed by atoms with Crippen molar-refractivity contribution < 1.29 is 24.2 Å². The minimum Gasteiger partial charge on any atom is -0.480 e. The molecule has 0 bridgehead atoms. The summed E-state index contributed by atoms with van der Waals surface area (Å²) in [7, 11) is 0. The van der Waals surface area contributed by atoms with Crippen molar-refractivity contribution in [2.75, 3.05) is 6.54 Å². The van der Waals surface area contributed by atoms with Gasteiger partial charge in [0.15, 0.2) is 0 Å². The molecule has 2 unspecified atom stereocenters. The Morgan fingerprint density at radius 1 is 0.459 bits per heavy atom. The first-order valence-electron chi connectivity index (χ1n) is 27.0. The van der Waals surface area contributed by atoms with Crippen molar-refractivity contribution in [3.05, 3.63) is 12.2 Å². The molecule has 0 aliphatic carbocycles. The van der Waals surface area contributed by atoms with Gasteiger partial charge in [-0.05, 0) is 77.2 Å². The lowest BCUT2D eigenvalue weighted by atomic mass is 10.0. The zero-order valence-electron chi connectivity index (χ0n) is 40.8. The predicted octanol–water partition coefficient (Wildman–Crippen LogP) is 16.2. The van der Waals surface area contributed by atoms with Crippen molar-refractivity contribution >= 4 is 17.8 Å². The third-order valence-electron chi connectivity index (χ3n) is 12.6. The van der Waals surface area contributed by atoms with Gasteiger partial charge in [-0.3, -0.25) is 9.59 Å². The number of carbonyl (C=O) groups excluding carboxylic acids is 2. The summed E-state index contributed by atoms with van der Waals surface area (Å²) in [5, 5.41) is 12.0. The van der Waals surface area contributed by atoms with E-state index in [1.807, 2.05) is 0 Å². The smallest absolute Gasteiger partial charge is 0.326 e. The summed E-state index contributed by atoms with van der Waals surface area (Å²) in [6, 6.07) is -0.857. The second kappa shape index (κ2) is 49.1. The number of aliphatic carboxylic acids is 1. The number of esters is 1. The number of carboxylic acid groups (broad SMARTS) is 1. The molecule has 0 aromatic rings. The molecule has 4 N–H and O–H groups in total. The van der Waals surface area contributed by atoms with E-state index in [-0.39, 0.29) is 18.0 Å². The normalized spacial score (nSPS) is 12.6. The van der Waals surface area contributed by atoms with E-state index >= 15 is 0 Å². The van der Waals surface area contributed by atoms with Crippen LogP contribution in [-0.4, -0.2) is 41.6 Å². The molecule has 0 rings (SSSR count). The Morgan fingerprint density at radius 2 is 0.820 bits per heavy atom. The second-order valence-corrected chi connectivity index (χ2v) is 18.6. The Morgan fingerprint density at radius 3 is 1.25 bits per heavy atom. The van der Waals surface area contributed by atoms with Gasteiger partial charge in [-0.15, -0.1) is 0 Å². The third kappa shape index (κ3) is 45.9. The van der Waals surface area contributed by atoms with Crippen LogP contribution in [0.4, 0.5) is 0 Å². The number of unbranched alkanes of at least 4 members (excludes halogenated alkanes) is 34. The highest BCUT2D eigenvalue weighted by Gasteiger charge is 2.19. The third-order valence-corrected chi connectivity index (χ3v) is 12.6. The first kappa shape index (κ1) is 59.1. The first-order chi connectivity index (χ1) is 29.9. The van der Waals surface area contributed by atoms with Crippen LogP contribution >= 0.6 is 0 Å². The monoisotopic (exact) mass is 861 g/mol. The maximum absolute atomic E-state index is 12.9. The highest BCUT2D eigenvalue weighted by atomic mass is 16.5. The number of rotatable bonds is 50. The fraction of sp³-hybridized carbons (Fsp3) is 0.907. The Kier molecular flexibility index (Phi) is 47.6. The van der Waals surface area contributed by atoms with Crippen LogP contribution in [0.15, 0.2) is 12.2 Å². The number of amides is 1. The van der Waals surface area contributed by atoms with Crippen LogP contribution in [-0.2, 0) is 19.1 Å². The molecular weight excluding hydrogens is 757 g/mol. The summed E-state index contributed by atoms with van der Waals surface area (Å²) in [6.07, 6.45) is 57.1. The van der Waals surface area contributed by atoms with Gasteiger partial charge in [0, 0.05) is 12.8 Å². The second-order valence-electron chi connectivity index (χ2n) is 18.6. The molecule has 0 saturated carbocycles. The Labute approximate surface area is 379 Å². The van der Waals surface area contributed by atoms with E-state index < -0.39 is 12.0 Å². The van der Waals surface area contributed by atoms with E-state index in [1.54, 1.807) is 0 Å². The number of carboxylic acids is 1. The van der Waals surface area contributed by atoms with Gasteiger partial charge in [-0.25, -0.2) is 4.79 Å². The molecule has 7 nitrogen and oxygen atoms in total. The summed E-state index contributed by atoms with van der Waals surface area (Å²) < 4.78 is 6.08. The summed E-state index contributed by atoms with van der Waals surface area (Å²) in [5.41, 5.74) is 5.50. The fourth-order valence-corrected chi connectivity index (χ4v) is 8.51. The topological polar surface area (TPSA) is 119 Å². The van der Waals surface area contributed by atoms with Crippen molar-refractivity contribution in [3.8, 4) is 0 Å². The molecule has 2 atom stereocenters. The quantitative estimate of drug-likeness (QED) is 0.0318. The van der Waals surface area contributed by atoms with Gasteiger partial charge >= 0.3 is 11.9 Å². The van der Waals surface area contributed by atoms with Crippen molar-refractivity contribution in [3.63, 3.8) is 0 Å². The average Bonchev–Trinajstić information content (AvgIpc) is 3.25. The Balaban J connectivity index is 4.18. The minimum atomic E-state index is -1.00. The van der Waals surface area contributed by atoms with Crippen molar-refractivity contribution in [1.82, 2.24) is 5.32 Å². The van der Waals surface area contributed by atoms with Crippen LogP contribution in [0.5, 0.6) is 0 Å². The summed E-state index contributed by atoms with van der Waals surface area (Å²) in [5.74, 6) is -1.23. The average molecular weight is 861 g/mol. The van der Waals surface area contributed by atoms with Crippen LogP contribution in [0.2, 0.25) is 0 Å². The van der Waals surface area contributed by atoms with E-state index in [0.717, 1.165) is 70.6 Å². The van der Waals surface area contributed by atoms with E-state index in [4.69, 9.17) is 10.5 Å². The molecule has 7 heteroatoms. The number of ether oxygens (including phenoxy) is 1. The van der Waals surface area contributed by atoms with Crippen LogP contribution in [0.25, 0.3) is 0 Å². The zero-order valence-corrected chi connectivity index (χ0v) is 40.8. The van der Waals surface area contributed by atoms with Crippen LogP contribution in [0, 0.1) is 0 Å². The van der Waals surface area contributed by atoms with Crippen LogP contribution < -0.4 is 11.1 Å². The molecule has 0 aliphatic rings. The summed E-state index contributed by atoms with van der Waals surface area (Å²) in [6.45, 7) is 4.98. The molecule has 0 heterocycles. The number of nitrogens with two attached hydrogens (primary N) is 1. The molecule has 0 radical (unpaired) electrons. The Hall–Kier alpha value is -1.89. The van der Waals surface area contributed by atoms with Crippen molar-refractivity contribution in [1.29, 1.82) is 0 Å². The van der Waals surface area contributed by atoms with Crippen LogP contribution in [0.3, 0.4) is 0 Å². The fourth-order valence-electron chi connectivity index (χ4n) is 8.51. The van der Waals surface area contributed by atoms with Gasteiger partial charge in [-0.2, -0.15) is 0 Å². The highest BCUT2D eigenvalue weighted by molar-refractivity contribution is 5.83. The minimum absolute atomic E-state index is 0.0134. The van der Waals surface area contributed by atoms with E-state index in [2.05, 4.69) is 31.3 Å². The standard InChI is InChI=1S/C54H104N2O5/c1-3-5-7-9-11-13-15-17-18-19-20-21-22-23-24-25-27-29-31-33-38-42-48-53(58)61-50(44-39-35-32-30-28-26-16-14-12-10-8-6-4-2)45-40-36-34-37-41-47-52(57)56-51(54(59)60)46-43-49-55/h30,32,50-51H,3-29,31,33-49,55H2,1-2H3,(H,56,57)(H,59,60)/b32-30-. The first-order valence-corrected chi connectivity index (χ1v) is 27.0. The maximum Gasteiger partial charge on any atom is 0.326 e. The van der Waals surface area contributed by atoms with Crippen molar-refractivity contribution in [2.24, 2.45) is 5.73 Å². The van der Waals surface area contributed by atoms with E-state index in [1.165, 1.54) is 186 Å². The molecule has 360 valence electrons. The number of hydrogen-bond donors (Lipinski definition) is 3. The van der Waals surface area contributed by atoms with Crippen molar-refractivity contribution in [2.45, 2.75) is 309 Å². The zero-order chi connectivity index (χ0) is 44.5. The van der Waals surface area contributed by atoms with E-state index in [0.29, 0.717) is 32.2 Å². The van der Waals surface area contributed by atoms with E-state index in [9.17, 15) is 19.5 Å². The number of allylic oxidation sites excluding steroid dienone is 2. The molecule has 0 fully saturated rings. The lowest BCUT2D eigenvalue weighted by Gasteiger charge is -2.18. The van der Waals surface area contributed by atoms with Gasteiger partial charge in [0.05, 0.1) is 0 Å². The number of nitrogens with one attached hydrogen (secondary N) is 1. The molecule has 0 aromatic heterocycles. The molecule has 0 saturated heterocycles. The largest absolute Gasteiger partial charge is 0.480 e. The lowest BCUT2D eigenvalue weighted by Crippen LogP contribution is -2.40. The van der Waals surface area contributed by atoms with Gasteiger partial charge in [0.1, 0.15) is 12.1 Å². The molecule has 0 spiro atoms. The molecule has 61 heavy (non-hydrogen) atoms. The Bertz CT molecular complexity index is 971. The summed E-state index contributed by atoms with van der Waals surface area (Å²) >= 11 is 0. The van der Waals surface area contributed by atoms with Gasteiger partial charge in [0.2, 0.25) is 5.91 Å². The van der Waals surface area contributed by atoms with Gasteiger partial charge < -0.3 is 20.9 Å². The highest BCUT2D eigenvalue weighted by Crippen LogP contribution is 2.19. The molecule has 0 aromatic carbocycles. The molecule has 1 amide bonds.